The smallest absolute Gasteiger partial charge is 0.335 e. The lowest BCUT2D eigenvalue weighted by molar-refractivity contribution is 0.0697. The maximum atomic E-state index is 10.9. The van der Waals surface area contributed by atoms with E-state index in [1.54, 1.807) is 6.07 Å². The van der Waals surface area contributed by atoms with Crippen molar-refractivity contribution in [3.63, 3.8) is 0 Å². The second kappa shape index (κ2) is 7.25. The average Bonchev–Trinajstić information content (AvgIpc) is 2.87. The lowest BCUT2D eigenvalue weighted by Crippen LogP contribution is -2.38. The van der Waals surface area contributed by atoms with Gasteiger partial charge in [-0.25, -0.2) is 4.79 Å². The van der Waals surface area contributed by atoms with E-state index in [1.165, 1.54) is 25.5 Å². The van der Waals surface area contributed by atoms with Crippen LogP contribution in [-0.2, 0) is 6.54 Å². The molecule has 116 valence electrons. The lowest BCUT2D eigenvalue weighted by atomic mass is 10.1. The predicted octanol–water partition coefficient (Wildman–Crippen LogP) is 2.95. The zero-order chi connectivity index (χ0) is 15.4. The molecule has 0 aromatic heterocycles. The molecule has 4 nitrogen and oxygen atoms in total. The number of nitrogens with zero attached hydrogens (tertiary/aromatic N) is 2. The number of hydrogen-bond acceptors (Lipinski definition) is 3. The van der Waals surface area contributed by atoms with E-state index >= 15 is 0 Å². The summed E-state index contributed by atoms with van der Waals surface area (Å²) in [7, 11) is 2.09. The molecule has 1 unspecified atom stereocenters. The van der Waals surface area contributed by atoms with Gasteiger partial charge in [0, 0.05) is 24.2 Å². The number of carbonyl (C=O) groups is 1. The third kappa shape index (κ3) is 4.19. The quantitative estimate of drug-likeness (QED) is 0.877. The van der Waals surface area contributed by atoms with Gasteiger partial charge < -0.3 is 10.0 Å². The molecule has 1 aliphatic heterocycles. The van der Waals surface area contributed by atoms with Crippen LogP contribution >= 0.6 is 11.6 Å². The number of halogens is 1. The minimum absolute atomic E-state index is 0.236. The van der Waals surface area contributed by atoms with Crippen LogP contribution < -0.4 is 0 Å². The number of benzene rings is 1. The van der Waals surface area contributed by atoms with Crippen LogP contribution in [0.5, 0.6) is 0 Å². The van der Waals surface area contributed by atoms with E-state index in [-0.39, 0.29) is 5.56 Å². The Morgan fingerprint density at radius 3 is 2.90 bits per heavy atom. The molecule has 0 radical (unpaired) electrons. The van der Waals surface area contributed by atoms with E-state index in [1.807, 2.05) is 6.07 Å². The monoisotopic (exact) mass is 310 g/mol. The summed E-state index contributed by atoms with van der Waals surface area (Å²) < 4.78 is 0. The van der Waals surface area contributed by atoms with Gasteiger partial charge in [-0.05, 0) is 50.7 Å². The van der Waals surface area contributed by atoms with Crippen molar-refractivity contribution in [1.82, 2.24) is 9.80 Å². The summed E-state index contributed by atoms with van der Waals surface area (Å²) in [6, 6.07) is 5.58. The molecule has 0 spiro atoms. The van der Waals surface area contributed by atoms with Gasteiger partial charge in [-0.2, -0.15) is 0 Å². The number of carboxylic acid groups (broad SMARTS) is 1. The van der Waals surface area contributed by atoms with Crippen molar-refractivity contribution in [3.05, 3.63) is 34.3 Å². The molecule has 1 aromatic carbocycles. The summed E-state index contributed by atoms with van der Waals surface area (Å²) >= 11 is 6.19. The summed E-state index contributed by atoms with van der Waals surface area (Å²) in [6.07, 6.45) is 2.53. The largest absolute Gasteiger partial charge is 0.478 e. The maximum Gasteiger partial charge on any atom is 0.335 e. The molecule has 1 heterocycles. The summed E-state index contributed by atoms with van der Waals surface area (Å²) in [6.45, 7) is 6.27. The Kier molecular flexibility index (Phi) is 5.62. The number of likely N-dealkylation sites (N-methyl/N-ethyl adjacent to an activating group) is 2. The Morgan fingerprint density at radius 2 is 2.29 bits per heavy atom. The standard InChI is InChI=1S/C16H23ClN2O2/c1-3-19-8-4-5-14(19)11-18(2)10-13-7-6-12(16(20)21)9-15(13)17/h6-7,9,14H,3-5,8,10-11H2,1-2H3,(H,20,21). The van der Waals surface area contributed by atoms with Gasteiger partial charge in [-0.15, -0.1) is 0 Å². The first-order valence-electron chi connectivity index (χ1n) is 7.45. The van der Waals surface area contributed by atoms with E-state index in [2.05, 4.69) is 23.8 Å². The number of rotatable bonds is 6. The molecule has 1 fully saturated rings. The van der Waals surface area contributed by atoms with Crippen molar-refractivity contribution < 1.29 is 9.90 Å². The normalized spacial score (nSPS) is 19.3. The zero-order valence-electron chi connectivity index (χ0n) is 12.7. The lowest BCUT2D eigenvalue weighted by Gasteiger charge is -2.28. The fourth-order valence-corrected chi connectivity index (χ4v) is 3.28. The molecule has 21 heavy (non-hydrogen) atoms. The third-order valence-electron chi connectivity index (χ3n) is 4.17. The van der Waals surface area contributed by atoms with Crippen LogP contribution in [-0.4, -0.2) is 53.6 Å². The number of likely N-dealkylation sites (tertiary alicyclic amines) is 1. The minimum atomic E-state index is -0.943. The third-order valence-corrected chi connectivity index (χ3v) is 4.52. The van der Waals surface area contributed by atoms with Crippen LogP contribution in [0.15, 0.2) is 18.2 Å². The van der Waals surface area contributed by atoms with Crippen LogP contribution in [0.3, 0.4) is 0 Å². The first-order valence-corrected chi connectivity index (χ1v) is 7.83. The highest BCUT2D eigenvalue weighted by atomic mass is 35.5. The van der Waals surface area contributed by atoms with Gasteiger partial charge in [0.1, 0.15) is 0 Å². The molecule has 0 bridgehead atoms. The molecule has 5 heteroatoms. The fraction of sp³-hybridized carbons (Fsp3) is 0.562. The highest BCUT2D eigenvalue weighted by Crippen LogP contribution is 2.21. The van der Waals surface area contributed by atoms with Gasteiger partial charge in [0.15, 0.2) is 0 Å². The van der Waals surface area contributed by atoms with Crippen molar-refractivity contribution in [3.8, 4) is 0 Å². The number of hydrogen-bond donors (Lipinski definition) is 1. The second-order valence-electron chi connectivity index (χ2n) is 5.73. The highest BCUT2D eigenvalue weighted by Gasteiger charge is 2.24. The van der Waals surface area contributed by atoms with E-state index in [9.17, 15) is 4.79 Å². The van der Waals surface area contributed by atoms with Gasteiger partial charge >= 0.3 is 5.97 Å². The van der Waals surface area contributed by atoms with Gasteiger partial charge in [0.25, 0.3) is 0 Å². The van der Waals surface area contributed by atoms with E-state index in [4.69, 9.17) is 16.7 Å². The van der Waals surface area contributed by atoms with Crippen LogP contribution in [0.4, 0.5) is 0 Å². The molecule has 1 aromatic rings. The summed E-state index contributed by atoms with van der Waals surface area (Å²) in [4.78, 5) is 15.7. The Morgan fingerprint density at radius 1 is 1.52 bits per heavy atom. The van der Waals surface area contributed by atoms with E-state index < -0.39 is 5.97 Å². The molecular weight excluding hydrogens is 288 g/mol. The molecule has 1 atom stereocenters. The molecule has 1 saturated heterocycles. The van der Waals surface area contributed by atoms with Crippen LogP contribution in [0.2, 0.25) is 5.02 Å². The van der Waals surface area contributed by atoms with Gasteiger partial charge in [-0.3, -0.25) is 4.90 Å². The first kappa shape index (κ1) is 16.3. The number of carboxylic acids is 1. The van der Waals surface area contributed by atoms with Crippen molar-refractivity contribution in [1.29, 1.82) is 0 Å². The summed E-state index contributed by atoms with van der Waals surface area (Å²) in [5.41, 5.74) is 1.21. The van der Waals surface area contributed by atoms with Crippen molar-refractivity contribution in [2.24, 2.45) is 0 Å². The molecule has 0 aliphatic carbocycles. The predicted molar refractivity (Wildman–Crippen MR) is 85.0 cm³/mol. The van der Waals surface area contributed by atoms with Crippen LogP contribution in [0.1, 0.15) is 35.7 Å². The SMILES string of the molecule is CCN1CCCC1CN(C)Cc1ccc(C(=O)O)cc1Cl. The van der Waals surface area contributed by atoms with Crippen molar-refractivity contribution >= 4 is 17.6 Å². The Bertz CT molecular complexity index is 507. The van der Waals surface area contributed by atoms with Crippen molar-refractivity contribution in [2.45, 2.75) is 32.4 Å². The molecule has 0 amide bonds. The Balaban J connectivity index is 1.96. The minimum Gasteiger partial charge on any atom is -0.478 e. The average molecular weight is 311 g/mol. The summed E-state index contributed by atoms with van der Waals surface area (Å²) in [5.74, 6) is -0.943. The number of aromatic carboxylic acids is 1. The highest BCUT2D eigenvalue weighted by molar-refractivity contribution is 6.31. The second-order valence-corrected chi connectivity index (χ2v) is 6.14. The Labute approximate surface area is 131 Å². The van der Waals surface area contributed by atoms with E-state index in [0.717, 1.165) is 25.2 Å². The topological polar surface area (TPSA) is 43.8 Å². The molecular formula is C16H23ClN2O2. The van der Waals surface area contributed by atoms with Gasteiger partial charge in [0.05, 0.1) is 5.56 Å². The van der Waals surface area contributed by atoms with Crippen molar-refractivity contribution in [2.75, 3.05) is 26.7 Å². The first-order chi connectivity index (χ1) is 10.0. The summed E-state index contributed by atoms with van der Waals surface area (Å²) in [5, 5.41) is 9.48. The van der Waals surface area contributed by atoms with Crippen LogP contribution in [0, 0.1) is 0 Å². The maximum absolute atomic E-state index is 10.9. The van der Waals surface area contributed by atoms with Gasteiger partial charge in [-0.1, -0.05) is 24.6 Å². The zero-order valence-corrected chi connectivity index (χ0v) is 13.4. The fourth-order valence-electron chi connectivity index (χ4n) is 3.04. The molecule has 2 rings (SSSR count). The molecule has 0 saturated carbocycles. The van der Waals surface area contributed by atoms with Crippen LogP contribution in [0.25, 0.3) is 0 Å². The van der Waals surface area contributed by atoms with Gasteiger partial charge in [0.2, 0.25) is 0 Å². The van der Waals surface area contributed by atoms with E-state index in [0.29, 0.717) is 11.1 Å². The molecule has 1 aliphatic rings. The molecule has 1 N–H and O–H groups in total. The Hall–Kier alpha value is -1.10.